The summed E-state index contributed by atoms with van der Waals surface area (Å²) in [6.07, 6.45) is 0.112. The molecule has 3 aromatic rings. The number of rotatable bonds is 8. The van der Waals surface area contributed by atoms with Crippen LogP contribution in [0.5, 0.6) is 0 Å². The lowest BCUT2D eigenvalue weighted by Gasteiger charge is -2.29. The van der Waals surface area contributed by atoms with Crippen LogP contribution in [-0.4, -0.2) is 30.6 Å². The molecular weight excluding hydrogens is 457 g/mol. The minimum Gasteiger partial charge on any atom is -0.369 e. The number of ether oxygens (including phenoxy) is 3. The van der Waals surface area contributed by atoms with Crippen LogP contribution in [0.4, 0.5) is 0 Å². The van der Waals surface area contributed by atoms with Gasteiger partial charge in [0.25, 0.3) is 0 Å². The van der Waals surface area contributed by atoms with Crippen molar-refractivity contribution in [2.45, 2.75) is 50.9 Å². The molecule has 0 saturated carbocycles. The van der Waals surface area contributed by atoms with Crippen LogP contribution in [0.1, 0.15) is 25.0 Å². The molecule has 0 spiro atoms. The highest BCUT2D eigenvalue weighted by molar-refractivity contribution is 6.35. The van der Waals surface area contributed by atoms with E-state index in [1.165, 1.54) is 0 Å². The van der Waals surface area contributed by atoms with Gasteiger partial charge in [0.15, 0.2) is 5.79 Å². The van der Waals surface area contributed by atoms with Crippen molar-refractivity contribution in [2.75, 3.05) is 6.61 Å². The molecule has 3 atom stereocenters. The van der Waals surface area contributed by atoms with Gasteiger partial charge in [-0.05, 0) is 60.7 Å². The van der Waals surface area contributed by atoms with Crippen molar-refractivity contribution in [3.05, 3.63) is 94.0 Å². The molecule has 0 unspecified atom stereocenters. The molecule has 3 aromatic carbocycles. The van der Waals surface area contributed by atoms with Gasteiger partial charge in [-0.2, -0.15) is 0 Å². The summed E-state index contributed by atoms with van der Waals surface area (Å²) in [6, 6.07) is 23.6. The summed E-state index contributed by atoms with van der Waals surface area (Å²) in [5.74, 6) is -0.640. The van der Waals surface area contributed by atoms with Gasteiger partial charge < -0.3 is 19.9 Å². The zero-order valence-corrected chi connectivity index (χ0v) is 20.4. The Morgan fingerprint density at radius 3 is 2.21 bits per heavy atom. The molecule has 1 heterocycles. The summed E-state index contributed by atoms with van der Waals surface area (Å²) in [7, 11) is 0. The van der Waals surface area contributed by atoms with E-state index in [1.54, 1.807) is 6.07 Å². The zero-order valence-electron chi connectivity index (χ0n) is 18.8. The van der Waals surface area contributed by atoms with Gasteiger partial charge in [-0.3, -0.25) is 0 Å². The van der Waals surface area contributed by atoms with Gasteiger partial charge in [0.1, 0.15) is 12.2 Å². The van der Waals surface area contributed by atoms with E-state index in [4.69, 9.17) is 43.1 Å². The van der Waals surface area contributed by atoms with Gasteiger partial charge in [-0.25, -0.2) is 0 Å². The van der Waals surface area contributed by atoms with Gasteiger partial charge in [0.05, 0.1) is 13.2 Å². The highest BCUT2D eigenvalue weighted by atomic mass is 35.5. The molecule has 33 heavy (non-hydrogen) atoms. The molecular formula is C27H29Cl2NO3. The average molecular weight is 486 g/mol. The van der Waals surface area contributed by atoms with Crippen molar-refractivity contribution in [2.24, 2.45) is 5.73 Å². The van der Waals surface area contributed by atoms with Gasteiger partial charge in [0.2, 0.25) is 0 Å². The predicted octanol–water partition coefficient (Wildman–Crippen LogP) is 6.27. The molecule has 1 saturated heterocycles. The van der Waals surface area contributed by atoms with Gasteiger partial charge in [0, 0.05) is 16.1 Å². The largest absolute Gasteiger partial charge is 0.369 e. The first kappa shape index (κ1) is 24.2. The third-order valence-corrected chi connectivity index (χ3v) is 6.16. The van der Waals surface area contributed by atoms with Crippen molar-refractivity contribution < 1.29 is 14.2 Å². The lowest BCUT2D eigenvalue weighted by Crippen LogP contribution is -2.47. The maximum absolute atomic E-state index is 6.68. The van der Waals surface area contributed by atoms with Crippen LogP contribution in [0.2, 0.25) is 10.0 Å². The van der Waals surface area contributed by atoms with E-state index in [-0.39, 0.29) is 18.2 Å². The maximum atomic E-state index is 6.68. The van der Waals surface area contributed by atoms with Crippen molar-refractivity contribution in [3.8, 4) is 11.1 Å². The molecule has 174 valence electrons. The van der Waals surface area contributed by atoms with E-state index in [9.17, 15) is 0 Å². The first-order chi connectivity index (χ1) is 15.8. The van der Waals surface area contributed by atoms with Crippen molar-refractivity contribution >= 4 is 23.2 Å². The number of hydrogen-bond donors (Lipinski definition) is 1. The number of nitrogens with two attached hydrogens (primary N) is 1. The van der Waals surface area contributed by atoms with E-state index in [1.807, 2.05) is 56.3 Å². The number of hydrogen-bond acceptors (Lipinski definition) is 4. The Hall–Kier alpha value is -1.92. The quantitative estimate of drug-likeness (QED) is 0.408. The van der Waals surface area contributed by atoms with Gasteiger partial charge in [-0.1, -0.05) is 77.8 Å². The Morgan fingerprint density at radius 2 is 1.61 bits per heavy atom. The molecule has 1 fully saturated rings. The van der Waals surface area contributed by atoms with Crippen LogP contribution >= 0.6 is 23.2 Å². The lowest BCUT2D eigenvalue weighted by atomic mass is 9.96. The second-order valence-electron chi connectivity index (χ2n) is 8.85. The minimum absolute atomic E-state index is 0.230. The first-order valence-corrected chi connectivity index (χ1v) is 11.8. The summed E-state index contributed by atoms with van der Waals surface area (Å²) < 4.78 is 18.2. The maximum Gasteiger partial charge on any atom is 0.163 e. The number of halogens is 2. The van der Waals surface area contributed by atoms with Crippen LogP contribution in [0.25, 0.3) is 11.1 Å². The smallest absolute Gasteiger partial charge is 0.163 e. The second-order valence-corrected chi connectivity index (χ2v) is 9.72. The molecule has 2 N–H and O–H groups in total. The molecule has 1 aliphatic heterocycles. The highest BCUT2D eigenvalue weighted by Gasteiger charge is 2.40. The molecule has 0 amide bonds. The Labute approximate surface area is 205 Å². The van der Waals surface area contributed by atoms with Crippen LogP contribution in [0.15, 0.2) is 72.8 Å². The first-order valence-electron chi connectivity index (χ1n) is 11.1. The molecule has 1 aliphatic rings. The summed E-state index contributed by atoms with van der Waals surface area (Å²) in [6.45, 7) is 4.74. The van der Waals surface area contributed by atoms with Gasteiger partial charge in [-0.15, -0.1) is 0 Å². The summed E-state index contributed by atoms with van der Waals surface area (Å²) in [4.78, 5) is 0. The Balaban J connectivity index is 1.46. The van der Waals surface area contributed by atoms with Crippen molar-refractivity contribution in [1.29, 1.82) is 0 Å². The van der Waals surface area contributed by atoms with Crippen molar-refractivity contribution in [1.82, 2.24) is 0 Å². The minimum atomic E-state index is -0.640. The molecule has 0 aliphatic carbocycles. The summed E-state index contributed by atoms with van der Waals surface area (Å²) in [5, 5.41) is 1.23. The van der Waals surface area contributed by atoms with E-state index >= 15 is 0 Å². The van der Waals surface area contributed by atoms with E-state index < -0.39 is 5.79 Å². The van der Waals surface area contributed by atoms with Crippen LogP contribution in [-0.2, 0) is 27.2 Å². The molecule has 4 rings (SSSR count). The third kappa shape index (κ3) is 6.57. The molecule has 4 nitrogen and oxygen atoms in total. The fraction of sp³-hybridized carbons (Fsp3) is 0.333. The summed E-state index contributed by atoms with van der Waals surface area (Å²) >= 11 is 12.3. The van der Waals surface area contributed by atoms with Crippen LogP contribution in [0, 0.1) is 0 Å². The monoisotopic (exact) mass is 485 g/mol. The average Bonchev–Trinajstić information content (AvgIpc) is 3.14. The molecule has 0 radical (unpaired) electrons. The van der Waals surface area contributed by atoms with Crippen LogP contribution in [0.3, 0.4) is 0 Å². The summed E-state index contributed by atoms with van der Waals surface area (Å²) in [5.41, 5.74) is 10.9. The SMILES string of the molecule is CC1(C)OC[C@@H]([C@H](OCc2ccccc2)[C@H](N)Cc2ccc(-c3cc(Cl)cc(Cl)c3)cc2)O1. The van der Waals surface area contributed by atoms with E-state index in [0.717, 1.165) is 22.3 Å². The zero-order chi connectivity index (χ0) is 23.4. The fourth-order valence-electron chi connectivity index (χ4n) is 4.09. The highest BCUT2D eigenvalue weighted by Crippen LogP contribution is 2.29. The van der Waals surface area contributed by atoms with E-state index in [0.29, 0.717) is 29.7 Å². The fourth-order valence-corrected chi connectivity index (χ4v) is 4.62. The molecule has 0 aromatic heterocycles. The number of benzene rings is 3. The van der Waals surface area contributed by atoms with E-state index in [2.05, 4.69) is 24.3 Å². The topological polar surface area (TPSA) is 53.7 Å². The Bertz CT molecular complexity index is 1040. The Kier molecular flexibility index (Phi) is 7.75. The van der Waals surface area contributed by atoms with Crippen molar-refractivity contribution in [3.63, 3.8) is 0 Å². The standard InChI is InChI=1S/C27H29Cl2NO3/c1-27(2)32-17-25(33-27)26(31-16-19-6-4-3-5-7-19)24(30)12-18-8-10-20(11-9-18)21-13-22(28)15-23(29)14-21/h3-11,13-15,24-26H,12,16-17,30H2,1-2H3/t24-,25+,26-/m1/s1. The van der Waals surface area contributed by atoms with Gasteiger partial charge >= 0.3 is 0 Å². The predicted molar refractivity (Wildman–Crippen MR) is 134 cm³/mol. The Morgan fingerprint density at radius 1 is 0.939 bits per heavy atom. The second kappa shape index (κ2) is 10.6. The van der Waals surface area contributed by atoms with Crippen LogP contribution < -0.4 is 5.73 Å². The molecule has 6 heteroatoms. The lowest BCUT2D eigenvalue weighted by molar-refractivity contribution is -0.160. The normalized spacial score (nSPS) is 19.4. The molecule has 0 bridgehead atoms. The third-order valence-electron chi connectivity index (χ3n) is 5.73.